The van der Waals surface area contributed by atoms with Crippen molar-refractivity contribution in [1.29, 1.82) is 0 Å². The van der Waals surface area contributed by atoms with Gasteiger partial charge in [-0.25, -0.2) is 4.98 Å². The summed E-state index contributed by atoms with van der Waals surface area (Å²) >= 11 is 6.82. The van der Waals surface area contributed by atoms with Crippen LogP contribution in [0.25, 0.3) is 0 Å². The summed E-state index contributed by atoms with van der Waals surface area (Å²) in [6.07, 6.45) is 4.94. The Bertz CT molecular complexity index is 355. The van der Waals surface area contributed by atoms with Gasteiger partial charge in [0, 0.05) is 12.2 Å². The quantitative estimate of drug-likeness (QED) is 0.764. The first-order chi connectivity index (χ1) is 7.65. The number of nitrogens with one attached hydrogen (secondary N) is 1. The van der Waals surface area contributed by atoms with E-state index in [4.69, 9.17) is 18.0 Å². The molecule has 0 radical (unpaired) electrons. The van der Waals surface area contributed by atoms with Crippen LogP contribution < -0.4 is 11.1 Å². The number of hydrogen-bond donors (Lipinski definition) is 2. The molecule has 1 rings (SSSR count). The number of nitrogens with two attached hydrogens (primary N) is 1. The predicted octanol–water partition coefficient (Wildman–Crippen LogP) is 2.27. The lowest BCUT2D eigenvalue weighted by atomic mass is 10.2. The van der Waals surface area contributed by atoms with E-state index in [0.29, 0.717) is 11.0 Å². The van der Waals surface area contributed by atoms with Crippen molar-refractivity contribution in [3.05, 3.63) is 23.9 Å². The second-order valence-electron chi connectivity index (χ2n) is 3.59. The van der Waals surface area contributed by atoms with Crippen LogP contribution in [0.1, 0.15) is 18.9 Å². The summed E-state index contributed by atoms with van der Waals surface area (Å²) in [5.41, 5.74) is 6.45. The van der Waals surface area contributed by atoms with Crippen molar-refractivity contribution in [3.63, 3.8) is 0 Å². The summed E-state index contributed by atoms with van der Waals surface area (Å²) in [6, 6.07) is 4.10. The van der Waals surface area contributed by atoms with Crippen molar-refractivity contribution < 1.29 is 0 Å². The summed E-state index contributed by atoms with van der Waals surface area (Å²) in [4.78, 5) is 4.64. The van der Waals surface area contributed by atoms with Crippen LogP contribution in [0.5, 0.6) is 0 Å². The predicted molar refractivity (Wildman–Crippen MR) is 76.2 cm³/mol. The second kappa shape index (κ2) is 6.70. The first-order valence-electron chi connectivity index (χ1n) is 5.15. The molecule has 0 aromatic carbocycles. The SMILES string of the molecule is CSCCC(C)Nc1ncccc1C(N)=S. The Labute approximate surface area is 106 Å². The molecular formula is C11H17N3S2. The maximum Gasteiger partial charge on any atom is 0.136 e. The van der Waals surface area contributed by atoms with Crippen LogP contribution in [0.2, 0.25) is 0 Å². The van der Waals surface area contributed by atoms with Gasteiger partial charge in [-0.2, -0.15) is 11.8 Å². The number of rotatable bonds is 6. The van der Waals surface area contributed by atoms with Crippen LogP contribution in [-0.4, -0.2) is 28.0 Å². The zero-order valence-corrected chi connectivity index (χ0v) is 11.2. The number of thiocarbonyl (C=S) groups is 1. The molecule has 0 saturated carbocycles. The van der Waals surface area contributed by atoms with E-state index in [9.17, 15) is 0 Å². The van der Waals surface area contributed by atoms with Gasteiger partial charge in [0.2, 0.25) is 0 Å². The highest BCUT2D eigenvalue weighted by molar-refractivity contribution is 7.98. The summed E-state index contributed by atoms with van der Waals surface area (Å²) in [6.45, 7) is 2.13. The zero-order valence-electron chi connectivity index (χ0n) is 9.56. The van der Waals surface area contributed by atoms with Crippen LogP contribution in [-0.2, 0) is 0 Å². The third-order valence-electron chi connectivity index (χ3n) is 2.21. The highest BCUT2D eigenvalue weighted by Crippen LogP contribution is 2.14. The van der Waals surface area contributed by atoms with E-state index in [2.05, 4.69) is 23.5 Å². The average Bonchev–Trinajstić information content (AvgIpc) is 2.27. The first kappa shape index (κ1) is 13.3. The fraction of sp³-hybridized carbons (Fsp3) is 0.455. The normalized spacial score (nSPS) is 12.1. The van der Waals surface area contributed by atoms with E-state index >= 15 is 0 Å². The average molecular weight is 255 g/mol. The van der Waals surface area contributed by atoms with Crippen molar-refractivity contribution in [3.8, 4) is 0 Å². The van der Waals surface area contributed by atoms with Gasteiger partial charge in [0.25, 0.3) is 0 Å². The minimum absolute atomic E-state index is 0.371. The number of nitrogens with zero attached hydrogens (tertiary/aromatic N) is 1. The van der Waals surface area contributed by atoms with Crippen molar-refractivity contribution in [2.75, 3.05) is 17.3 Å². The monoisotopic (exact) mass is 255 g/mol. The molecule has 0 spiro atoms. The number of thioether (sulfide) groups is 1. The fourth-order valence-electron chi connectivity index (χ4n) is 1.32. The van der Waals surface area contributed by atoms with Gasteiger partial charge in [0.15, 0.2) is 0 Å². The number of hydrogen-bond acceptors (Lipinski definition) is 4. The van der Waals surface area contributed by atoms with Gasteiger partial charge in [-0.1, -0.05) is 12.2 Å². The number of anilines is 1. The van der Waals surface area contributed by atoms with Crippen LogP contribution >= 0.6 is 24.0 Å². The van der Waals surface area contributed by atoms with Crippen LogP contribution in [0, 0.1) is 0 Å². The Kier molecular flexibility index (Phi) is 5.55. The summed E-state index contributed by atoms with van der Waals surface area (Å²) in [5, 5.41) is 3.33. The largest absolute Gasteiger partial charge is 0.389 e. The molecule has 1 aromatic heterocycles. The van der Waals surface area contributed by atoms with E-state index in [1.807, 2.05) is 23.9 Å². The van der Waals surface area contributed by atoms with E-state index in [1.165, 1.54) is 0 Å². The van der Waals surface area contributed by atoms with Crippen molar-refractivity contribution >= 4 is 34.8 Å². The lowest BCUT2D eigenvalue weighted by molar-refractivity contribution is 0.766. The fourth-order valence-corrected chi connectivity index (χ4v) is 2.07. The zero-order chi connectivity index (χ0) is 12.0. The molecule has 88 valence electrons. The van der Waals surface area contributed by atoms with E-state index in [0.717, 1.165) is 23.6 Å². The van der Waals surface area contributed by atoms with Gasteiger partial charge in [0.05, 0.1) is 5.56 Å². The third kappa shape index (κ3) is 3.98. The number of aromatic nitrogens is 1. The Morgan fingerprint density at radius 1 is 1.69 bits per heavy atom. The molecule has 0 aliphatic rings. The Balaban J connectivity index is 2.69. The van der Waals surface area contributed by atoms with Gasteiger partial charge in [0.1, 0.15) is 10.8 Å². The number of pyridine rings is 1. The highest BCUT2D eigenvalue weighted by atomic mass is 32.2. The van der Waals surface area contributed by atoms with Crippen molar-refractivity contribution in [2.45, 2.75) is 19.4 Å². The lowest BCUT2D eigenvalue weighted by Gasteiger charge is -2.16. The molecule has 0 aliphatic carbocycles. The van der Waals surface area contributed by atoms with Crippen LogP contribution in [0.3, 0.4) is 0 Å². The molecule has 0 fully saturated rings. The van der Waals surface area contributed by atoms with Crippen molar-refractivity contribution in [2.24, 2.45) is 5.73 Å². The van der Waals surface area contributed by atoms with Crippen LogP contribution in [0.15, 0.2) is 18.3 Å². The van der Waals surface area contributed by atoms with E-state index in [-0.39, 0.29) is 0 Å². The summed E-state index contributed by atoms with van der Waals surface area (Å²) < 4.78 is 0. The lowest BCUT2D eigenvalue weighted by Crippen LogP contribution is -2.20. The Morgan fingerprint density at radius 3 is 3.06 bits per heavy atom. The van der Waals surface area contributed by atoms with Gasteiger partial charge in [-0.05, 0) is 37.5 Å². The topological polar surface area (TPSA) is 50.9 Å². The minimum atomic E-state index is 0.371. The molecule has 1 unspecified atom stereocenters. The Hall–Kier alpha value is -0.810. The molecule has 1 atom stereocenters. The minimum Gasteiger partial charge on any atom is -0.389 e. The van der Waals surface area contributed by atoms with E-state index in [1.54, 1.807) is 6.20 Å². The molecule has 0 saturated heterocycles. The molecule has 0 amide bonds. The molecule has 5 heteroatoms. The maximum atomic E-state index is 5.64. The van der Waals surface area contributed by atoms with Crippen molar-refractivity contribution in [1.82, 2.24) is 4.98 Å². The Morgan fingerprint density at radius 2 is 2.44 bits per heavy atom. The molecule has 1 heterocycles. The van der Waals surface area contributed by atoms with Gasteiger partial charge in [-0.3, -0.25) is 0 Å². The molecular weight excluding hydrogens is 238 g/mol. The van der Waals surface area contributed by atoms with Gasteiger partial charge < -0.3 is 11.1 Å². The van der Waals surface area contributed by atoms with Gasteiger partial charge >= 0.3 is 0 Å². The molecule has 0 aliphatic heterocycles. The molecule has 1 aromatic rings. The standard InChI is InChI=1S/C11H17N3S2/c1-8(5-7-16-2)14-11-9(10(12)15)4-3-6-13-11/h3-4,6,8H,5,7H2,1-2H3,(H2,12,15)(H,13,14). The maximum absolute atomic E-state index is 5.64. The molecule has 0 bridgehead atoms. The summed E-state index contributed by atoms with van der Waals surface area (Å²) in [7, 11) is 0. The molecule has 3 N–H and O–H groups in total. The van der Waals surface area contributed by atoms with Crippen LogP contribution in [0.4, 0.5) is 5.82 Å². The highest BCUT2D eigenvalue weighted by Gasteiger charge is 2.08. The van der Waals surface area contributed by atoms with E-state index < -0.39 is 0 Å². The third-order valence-corrected chi connectivity index (χ3v) is 3.08. The molecule has 3 nitrogen and oxygen atoms in total. The van der Waals surface area contributed by atoms with Gasteiger partial charge in [-0.15, -0.1) is 0 Å². The second-order valence-corrected chi connectivity index (χ2v) is 5.02. The molecule has 16 heavy (non-hydrogen) atoms. The first-order valence-corrected chi connectivity index (χ1v) is 6.95. The smallest absolute Gasteiger partial charge is 0.136 e. The summed E-state index contributed by atoms with van der Waals surface area (Å²) in [5.74, 6) is 1.91.